The topological polar surface area (TPSA) is 117 Å². The summed E-state index contributed by atoms with van der Waals surface area (Å²) in [5.74, 6) is -0.224. The minimum Gasteiger partial charge on any atom is -0.337 e. The number of aromatic nitrogens is 2. The number of hydrogen-bond acceptors (Lipinski definition) is 6. The number of imidazole rings is 1. The molecule has 0 aliphatic carbocycles. The van der Waals surface area contributed by atoms with Crippen LogP contribution in [0.25, 0.3) is 0 Å². The molecule has 1 amide bonds. The van der Waals surface area contributed by atoms with Crippen molar-refractivity contribution in [3.8, 4) is 0 Å². The third kappa shape index (κ3) is 5.74. The summed E-state index contributed by atoms with van der Waals surface area (Å²) in [6.45, 7) is 1.00. The number of carbonyl (C=O) groups excluding carboxylic acids is 1. The Balaban J connectivity index is 1.62. The quantitative estimate of drug-likeness (QED) is 0.360. The first kappa shape index (κ1) is 25.7. The van der Waals surface area contributed by atoms with Gasteiger partial charge < -0.3 is 9.47 Å². The highest BCUT2D eigenvalue weighted by atomic mass is 35.5. The van der Waals surface area contributed by atoms with Crippen LogP contribution in [-0.2, 0) is 34.3 Å². The molecule has 2 aromatic carbocycles. The number of nitrogens with one attached hydrogen (secondary N) is 2. The van der Waals surface area contributed by atoms with Crippen molar-refractivity contribution in [2.75, 3.05) is 12.0 Å². The number of sulfonamides is 1. The normalized spacial score (nSPS) is 14.5. The number of hydrogen-bond donors (Lipinski definition) is 3. The van der Waals surface area contributed by atoms with Crippen LogP contribution in [0.1, 0.15) is 17.5 Å². The number of benzene rings is 2. The van der Waals surface area contributed by atoms with Gasteiger partial charge in [-0.2, -0.15) is 4.72 Å². The zero-order valence-corrected chi connectivity index (χ0v) is 21.4. The molecule has 0 saturated carbocycles. The van der Waals surface area contributed by atoms with Crippen LogP contribution < -0.4 is 10.2 Å². The molecule has 1 aliphatic heterocycles. The summed E-state index contributed by atoms with van der Waals surface area (Å²) in [4.78, 5) is 18.8. The maximum atomic E-state index is 13.6. The molecule has 3 N–H and O–H groups in total. The van der Waals surface area contributed by atoms with E-state index in [0.717, 1.165) is 11.1 Å². The van der Waals surface area contributed by atoms with E-state index in [2.05, 4.69) is 9.71 Å². The highest BCUT2D eigenvalue weighted by molar-refractivity contribution is 7.89. The minimum absolute atomic E-state index is 0.0735. The van der Waals surface area contributed by atoms with Crippen molar-refractivity contribution in [1.82, 2.24) is 19.2 Å². The van der Waals surface area contributed by atoms with Gasteiger partial charge >= 0.3 is 0 Å². The smallest absolute Gasteiger partial charge is 0.244 e. The zero-order valence-electron chi connectivity index (χ0n) is 18.3. The molecule has 3 aromatic rings. The van der Waals surface area contributed by atoms with Gasteiger partial charge in [-0.05, 0) is 36.1 Å². The lowest BCUT2D eigenvalue weighted by atomic mass is 9.99. The van der Waals surface area contributed by atoms with Crippen LogP contribution >= 0.6 is 34.8 Å². The third-order valence-electron chi connectivity index (χ3n) is 5.74. The van der Waals surface area contributed by atoms with Crippen LogP contribution in [0.15, 0.2) is 53.7 Å². The average Bonchev–Trinajstić information content (AvgIpc) is 3.27. The number of amides is 1. The predicted molar refractivity (Wildman–Crippen MR) is 133 cm³/mol. The van der Waals surface area contributed by atoms with E-state index in [-0.39, 0.29) is 44.8 Å². The predicted octanol–water partition coefficient (Wildman–Crippen LogP) is 3.97. The molecule has 0 saturated heterocycles. The van der Waals surface area contributed by atoms with Crippen LogP contribution in [0, 0.1) is 0 Å². The molecule has 9 nitrogen and oxygen atoms in total. The van der Waals surface area contributed by atoms with Crippen molar-refractivity contribution in [2.45, 2.75) is 36.9 Å². The van der Waals surface area contributed by atoms with Crippen LogP contribution in [0.5, 0.6) is 0 Å². The highest BCUT2D eigenvalue weighted by Crippen LogP contribution is 2.33. The lowest BCUT2D eigenvalue weighted by Gasteiger charge is -2.32. The van der Waals surface area contributed by atoms with E-state index in [4.69, 9.17) is 34.8 Å². The first-order valence-corrected chi connectivity index (χ1v) is 13.2. The van der Waals surface area contributed by atoms with Crippen LogP contribution in [0.4, 0.5) is 5.95 Å². The van der Waals surface area contributed by atoms with Crippen LogP contribution in [0.2, 0.25) is 15.1 Å². The van der Waals surface area contributed by atoms with Gasteiger partial charge in [-0.25, -0.2) is 18.9 Å². The van der Waals surface area contributed by atoms with Gasteiger partial charge in [-0.3, -0.25) is 10.0 Å². The number of halogens is 3. The van der Waals surface area contributed by atoms with E-state index in [1.165, 1.54) is 18.3 Å². The first-order chi connectivity index (χ1) is 16.7. The molecular formula is C22H22Cl3N5O4S. The molecule has 0 radical (unpaired) electrons. The van der Waals surface area contributed by atoms with E-state index < -0.39 is 16.1 Å². The Morgan fingerprint density at radius 1 is 1.14 bits per heavy atom. The summed E-state index contributed by atoms with van der Waals surface area (Å²) in [5.41, 5.74) is 4.14. The lowest BCUT2D eigenvalue weighted by Crippen LogP contribution is -2.50. The van der Waals surface area contributed by atoms with Crippen molar-refractivity contribution in [3.63, 3.8) is 0 Å². The third-order valence-corrected chi connectivity index (χ3v) is 8.35. The van der Waals surface area contributed by atoms with Crippen LogP contribution in [-0.4, -0.2) is 46.6 Å². The molecular weight excluding hydrogens is 537 g/mol. The maximum Gasteiger partial charge on any atom is 0.244 e. The van der Waals surface area contributed by atoms with E-state index in [1.54, 1.807) is 15.7 Å². The second-order valence-electron chi connectivity index (χ2n) is 8.00. The standard InChI is InChI=1S/C22H22Cl3N5O4S/c23-16-11-17(24)20(18(25)12-16)35(33,34)28-19(6-9-29-10-7-26-22(29)27-32)21(31)30-8-5-14-3-1-2-4-15(14)13-30/h1-4,7,10-12,19,28,32H,5-6,8-9,13H2,(H,26,27). The second kappa shape index (κ2) is 10.7. The van der Waals surface area contributed by atoms with Crippen LogP contribution in [0.3, 0.4) is 0 Å². The summed E-state index contributed by atoms with van der Waals surface area (Å²) in [6, 6.07) is 9.22. The molecule has 0 fully saturated rings. The highest BCUT2D eigenvalue weighted by Gasteiger charge is 2.33. The fourth-order valence-corrected chi connectivity index (χ4v) is 6.81. The number of carbonyl (C=O) groups is 1. The van der Waals surface area contributed by atoms with Crippen molar-refractivity contribution >= 4 is 56.7 Å². The molecule has 186 valence electrons. The van der Waals surface area contributed by atoms with Gasteiger partial charge in [0.05, 0.1) is 10.0 Å². The molecule has 2 heterocycles. The Morgan fingerprint density at radius 2 is 1.83 bits per heavy atom. The summed E-state index contributed by atoms with van der Waals surface area (Å²) >= 11 is 18.2. The average molecular weight is 559 g/mol. The Bertz CT molecular complexity index is 1330. The molecule has 1 aromatic heterocycles. The molecule has 4 rings (SSSR count). The van der Waals surface area contributed by atoms with Gasteiger partial charge in [0.2, 0.25) is 21.9 Å². The monoisotopic (exact) mass is 557 g/mol. The lowest BCUT2D eigenvalue weighted by molar-refractivity contribution is -0.134. The first-order valence-electron chi connectivity index (χ1n) is 10.6. The van der Waals surface area contributed by atoms with Crippen molar-refractivity contribution in [3.05, 3.63) is 75.0 Å². The number of rotatable bonds is 8. The number of nitrogens with zero attached hydrogens (tertiary/aromatic N) is 3. The van der Waals surface area contributed by atoms with Crippen molar-refractivity contribution in [2.24, 2.45) is 0 Å². The molecule has 13 heteroatoms. The Hall–Kier alpha value is -2.34. The fourth-order valence-electron chi connectivity index (χ4n) is 4.04. The van der Waals surface area contributed by atoms with Gasteiger partial charge in [-0.15, -0.1) is 0 Å². The summed E-state index contributed by atoms with van der Waals surface area (Å²) < 4.78 is 30.6. The van der Waals surface area contributed by atoms with Crippen molar-refractivity contribution < 1.29 is 18.4 Å². The Labute approximate surface area is 217 Å². The Kier molecular flexibility index (Phi) is 7.89. The van der Waals surface area contributed by atoms with Crippen molar-refractivity contribution in [1.29, 1.82) is 0 Å². The molecule has 0 spiro atoms. The molecule has 0 bridgehead atoms. The summed E-state index contributed by atoms with van der Waals surface area (Å²) in [5, 5.41) is 9.10. The van der Waals surface area contributed by atoms with Gasteiger partial charge in [0, 0.05) is 37.1 Å². The zero-order chi connectivity index (χ0) is 25.2. The molecule has 35 heavy (non-hydrogen) atoms. The molecule has 1 aliphatic rings. The number of fused-ring (bicyclic) bond motifs is 1. The largest absolute Gasteiger partial charge is 0.337 e. The van der Waals surface area contributed by atoms with E-state index in [9.17, 15) is 18.4 Å². The van der Waals surface area contributed by atoms with Gasteiger partial charge in [0.1, 0.15) is 10.9 Å². The fraction of sp³-hybridized carbons (Fsp3) is 0.273. The van der Waals surface area contributed by atoms with E-state index in [0.29, 0.717) is 19.5 Å². The molecule has 1 unspecified atom stereocenters. The van der Waals surface area contributed by atoms with Gasteiger partial charge in [0.15, 0.2) is 0 Å². The summed E-state index contributed by atoms with van der Waals surface area (Å²) in [6.07, 6.45) is 3.80. The van der Waals surface area contributed by atoms with E-state index >= 15 is 0 Å². The maximum absolute atomic E-state index is 13.6. The van der Waals surface area contributed by atoms with Gasteiger partial charge in [-0.1, -0.05) is 59.1 Å². The number of anilines is 1. The second-order valence-corrected chi connectivity index (χ2v) is 10.9. The van der Waals surface area contributed by atoms with E-state index in [1.807, 2.05) is 29.7 Å². The Morgan fingerprint density at radius 3 is 2.51 bits per heavy atom. The molecule has 1 atom stereocenters. The minimum atomic E-state index is -4.30. The summed E-state index contributed by atoms with van der Waals surface area (Å²) in [7, 11) is -4.30. The number of aryl methyl sites for hydroxylation is 1. The van der Waals surface area contributed by atoms with Gasteiger partial charge in [0.25, 0.3) is 0 Å². The SMILES string of the molecule is O=C(C(CCn1ccnc1NO)NS(=O)(=O)c1c(Cl)cc(Cl)cc1Cl)N1CCc2ccccc2C1.